The molecule has 14 heavy (non-hydrogen) atoms. The van der Waals surface area contributed by atoms with Gasteiger partial charge in [-0.15, -0.1) is 0 Å². The molecule has 0 bridgehead atoms. The fraction of sp³-hybridized carbons (Fsp3) is 0.500. The molecule has 0 aromatic carbocycles. The molecule has 76 valence electrons. The van der Waals surface area contributed by atoms with E-state index in [4.69, 9.17) is 4.74 Å². The number of rotatable bonds is 2. The summed E-state index contributed by atoms with van der Waals surface area (Å²) in [5, 5.41) is 3.09. The molecule has 1 aliphatic rings. The van der Waals surface area contributed by atoms with Gasteiger partial charge in [-0.25, -0.2) is 4.39 Å². The van der Waals surface area contributed by atoms with Crippen molar-refractivity contribution in [2.24, 2.45) is 0 Å². The Balaban J connectivity index is 1.96. The summed E-state index contributed by atoms with van der Waals surface area (Å²) in [5.74, 6) is 0. The first-order chi connectivity index (χ1) is 6.86. The second-order valence-corrected chi connectivity index (χ2v) is 3.35. The SMILES string of the molecule is FC1OCCCC1Nc1ccncc1. The summed E-state index contributed by atoms with van der Waals surface area (Å²) in [6.45, 7) is 0.524. The van der Waals surface area contributed by atoms with Gasteiger partial charge in [0.25, 0.3) is 0 Å². The molecule has 0 amide bonds. The Morgan fingerprint density at radius 2 is 2.21 bits per heavy atom. The number of ether oxygens (including phenoxy) is 1. The summed E-state index contributed by atoms with van der Waals surface area (Å²) in [6.07, 6.45) is 3.88. The second-order valence-electron chi connectivity index (χ2n) is 3.35. The number of nitrogens with one attached hydrogen (secondary N) is 1. The minimum Gasteiger partial charge on any atom is -0.377 e. The standard InChI is InChI=1S/C10H13FN2O/c11-10-9(2-1-7-14-10)13-8-3-5-12-6-4-8/h3-6,9-10H,1-2,7H2,(H,12,13). The van der Waals surface area contributed by atoms with Gasteiger partial charge in [-0.05, 0) is 25.0 Å². The van der Waals surface area contributed by atoms with Crippen LogP contribution in [0, 0.1) is 0 Å². The summed E-state index contributed by atoms with van der Waals surface area (Å²) in [4.78, 5) is 3.89. The van der Waals surface area contributed by atoms with E-state index in [9.17, 15) is 4.39 Å². The molecule has 3 nitrogen and oxygen atoms in total. The molecule has 1 saturated heterocycles. The van der Waals surface area contributed by atoms with E-state index in [0.29, 0.717) is 6.61 Å². The number of anilines is 1. The topological polar surface area (TPSA) is 34.1 Å². The average Bonchev–Trinajstić information content (AvgIpc) is 2.23. The molecule has 1 aliphatic heterocycles. The molecule has 0 aliphatic carbocycles. The third-order valence-corrected chi connectivity index (χ3v) is 2.29. The van der Waals surface area contributed by atoms with E-state index in [0.717, 1.165) is 18.5 Å². The minimum absolute atomic E-state index is 0.230. The molecule has 0 radical (unpaired) electrons. The van der Waals surface area contributed by atoms with Gasteiger partial charge < -0.3 is 10.1 Å². The monoisotopic (exact) mass is 196 g/mol. The number of alkyl halides is 1. The lowest BCUT2D eigenvalue weighted by Crippen LogP contribution is -2.36. The molecule has 2 heterocycles. The largest absolute Gasteiger partial charge is 0.377 e. The van der Waals surface area contributed by atoms with Crippen LogP contribution in [0.2, 0.25) is 0 Å². The molecular formula is C10H13FN2O. The zero-order valence-corrected chi connectivity index (χ0v) is 7.82. The van der Waals surface area contributed by atoms with E-state index in [-0.39, 0.29) is 6.04 Å². The molecular weight excluding hydrogens is 183 g/mol. The van der Waals surface area contributed by atoms with Crippen LogP contribution < -0.4 is 5.32 Å². The van der Waals surface area contributed by atoms with Crippen molar-refractivity contribution in [3.05, 3.63) is 24.5 Å². The maximum absolute atomic E-state index is 13.2. The predicted octanol–water partition coefficient (Wildman–Crippen LogP) is 1.97. The van der Waals surface area contributed by atoms with Gasteiger partial charge in [-0.1, -0.05) is 0 Å². The first kappa shape index (κ1) is 9.40. The molecule has 1 aromatic heterocycles. The van der Waals surface area contributed by atoms with Crippen LogP contribution in [0.1, 0.15) is 12.8 Å². The van der Waals surface area contributed by atoms with Crippen LogP contribution >= 0.6 is 0 Å². The number of pyridine rings is 1. The first-order valence-corrected chi connectivity index (χ1v) is 4.78. The maximum atomic E-state index is 13.2. The van der Waals surface area contributed by atoms with Gasteiger partial charge in [0.2, 0.25) is 6.36 Å². The molecule has 4 heteroatoms. The van der Waals surface area contributed by atoms with Crippen molar-refractivity contribution in [2.45, 2.75) is 25.2 Å². The molecule has 0 saturated carbocycles. The molecule has 1 N–H and O–H groups in total. The van der Waals surface area contributed by atoms with Crippen molar-refractivity contribution in [2.75, 3.05) is 11.9 Å². The lowest BCUT2D eigenvalue weighted by Gasteiger charge is -2.27. The summed E-state index contributed by atoms with van der Waals surface area (Å²) in [5.41, 5.74) is 0.887. The fourth-order valence-electron chi connectivity index (χ4n) is 1.55. The second kappa shape index (κ2) is 4.37. The zero-order chi connectivity index (χ0) is 9.80. The Kier molecular flexibility index (Phi) is 2.93. The Labute approximate surface area is 82.3 Å². The van der Waals surface area contributed by atoms with Crippen LogP contribution in [-0.2, 0) is 4.74 Å². The quantitative estimate of drug-likeness (QED) is 0.785. The molecule has 2 rings (SSSR count). The van der Waals surface area contributed by atoms with Gasteiger partial charge in [0.05, 0.1) is 12.6 Å². The third kappa shape index (κ3) is 2.20. The molecule has 2 unspecified atom stereocenters. The first-order valence-electron chi connectivity index (χ1n) is 4.78. The normalized spacial score (nSPS) is 27.2. The van der Waals surface area contributed by atoms with E-state index < -0.39 is 6.36 Å². The van der Waals surface area contributed by atoms with Crippen LogP contribution in [0.5, 0.6) is 0 Å². The number of nitrogens with zero attached hydrogens (tertiary/aromatic N) is 1. The number of hydrogen-bond donors (Lipinski definition) is 1. The number of hydrogen-bond acceptors (Lipinski definition) is 3. The van der Waals surface area contributed by atoms with Crippen LogP contribution in [0.4, 0.5) is 10.1 Å². The number of aromatic nitrogens is 1. The smallest absolute Gasteiger partial charge is 0.219 e. The van der Waals surface area contributed by atoms with Crippen molar-refractivity contribution in [1.82, 2.24) is 4.98 Å². The fourth-order valence-corrected chi connectivity index (χ4v) is 1.55. The third-order valence-electron chi connectivity index (χ3n) is 2.29. The lowest BCUT2D eigenvalue weighted by molar-refractivity contribution is -0.0757. The molecule has 1 aromatic rings. The van der Waals surface area contributed by atoms with Crippen molar-refractivity contribution in [1.29, 1.82) is 0 Å². The van der Waals surface area contributed by atoms with E-state index in [1.807, 2.05) is 12.1 Å². The highest BCUT2D eigenvalue weighted by atomic mass is 19.1. The van der Waals surface area contributed by atoms with E-state index in [2.05, 4.69) is 10.3 Å². The Bertz CT molecular complexity index is 281. The maximum Gasteiger partial charge on any atom is 0.219 e. The summed E-state index contributed by atoms with van der Waals surface area (Å²) in [7, 11) is 0. The van der Waals surface area contributed by atoms with Crippen molar-refractivity contribution in [3.8, 4) is 0 Å². The highest BCUT2D eigenvalue weighted by Crippen LogP contribution is 2.19. The van der Waals surface area contributed by atoms with Crippen LogP contribution in [0.3, 0.4) is 0 Å². The van der Waals surface area contributed by atoms with E-state index >= 15 is 0 Å². The average molecular weight is 196 g/mol. The van der Waals surface area contributed by atoms with Gasteiger partial charge in [-0.2, -0.15) is 0 Å². The Hall–Kier alpha value is -1.16. The predicted molar refractivity (Wildman–Crippen MR) is 51.7 cm³/mol. The molecule has 0 spiro atoms. The lowest BCUT2D eigenvalue weighted by atomic mass is 10.1. The zero-order valence-electron chi connectivity index (χ0n) is 7.82. The highest BCUT2D eigenvalue weighted by Gasteiger charge is 2.24. The van der Waals surface area contributed by atoms with Gasteiger partial charge in [-0.3, -0.25) is 4.98 Å². The minimum atomic E-state index is -1.20. The summed E-state index contributed by atoms with van der Waals surface area (Å²) in [6, 6.07) is 3.41. The number of halogens is 1. The van der Waals surface area contributed by atoms with Gasteiger partial charge in [0.1, 0.15) is 0 Å². The summed E-state index contributed by atoms with van der Waals surface area (Å²) < 4.78 is 18.2. The van der Waals surface area contributed by atoms with Crippen LogP contribution in [0.15, 0.2) is 24.5 Å². The van der Waals surface area contributed by atoms with E-state index in [1.165, 1.54) is 0 Å². The van der Waals surface area contributed by atoms with Crippen LogP contribution in [0.25, 0.3) is 0 Å². The van der Waals surface area contributed by atoms with E-state index in [1.54, 1.807) is 12.4 Å². The van der Waals surface area contributed by atoms with Gasteiger partial charge >= 0.3 is 0 Å². The van der Waals surface area contributed by atoms with Gasteiger partial charge in [0, 0.05) is 18.1 Å². The van der Waals surface area contributed by atoms with Gasteiger partial charge in [0.15, 0.2) is 0 Å². The molecule has 2 atom stereocenters. The van der Waals surface area contributed by atoms with Crippen LogP contribution in [-0.4, -0.2) is 24.0 Å². The van der Waals surface area contributed by atoms with Crippen molar-refractivity contribution in [3.63, 3.8) is 0 Å². The molecule has 1 fully saturated rings. The Morgan fingerprint density at radius 1 is 1.43 bits per heavy atom. The highest BCUT2D eigenvalue weighted by molar-refractivity contribution is 5.41. The van der Waals surface area contributed by atoms with Crippen molar-refractivity contribution >= 4 is 5.69 Å². The summed E-state index contributed by atoms with van der Waals surface area (Å²) >= 11 is 0. The van der Waals surface area contributed by atoms with Crippen molar-refractivity contribution < 1.29 is 9.13 Å². The Morgan fingerprint density at radius 3 is 2.93 bits per heavy atom.